The van der Waals surface area contributed by atoms with Crippen LogP contribution in [0.15, 0.2) is 48.5 Å². The maximum atomic E-state index is 12.8. The number of hydrogen-bond acceptors (Lipinski definition) is 2. The quantitative estimate of drug-likeness (QED) is 0.897. The van der Waals surface area contributed by atoms with Crippen LogP contribution in [0.5, 0.6) is 5.75 Å². The van der Waals surface area contributed by atoms with Gasteiger partial charge in [-0.1, -0.05) is 24.3 Å². The Kier molecular flexibility index (Phi) is 3.95. The first kappa shape index (κ1) is 12.6. The standard InChI is InChI=1S/C15H16FNO/c1-11-4-2-3-5-14(11)15(10-17)18-13-8-6-12(16)7-9-13/h2-9,15H,10,17H2,1H3. The SMILES string of the molecule is Cc1ccccc1C(CN)Oc1ccc(F)cc1. The van der Waals surface area contributed by atoms with E-state index in [1.54, 1.807) is 12.1 Å². The van der Waals surface area contributed by atoms with Crippen LogP contribution in [0.2, 0.25) is 0 Å². The fourth-order valence-electron chi connectivity index (χ4n) is 1.86. The van der Waals surface area contributed by atoms with Gasteiger partial charge in [-0.2, -0.15) is 0 Å². The zero-order chi connectivity index (χ0) is 13.0. The van der Waals surface area contributed by atoms with Gasteiger partial charge in [-0.3, -0.25) is 0 Å². The predicted molar refractivity (Wildman–Crippen MR) is 70.0 cm³/mol. The van der Waals surface area contributed by atoms with E-state index < -0.39 is 0 Å². The van der Waals surface area contributed by atoms with Gasteiger partial charge in [-0.25, -0.2) is 4.39 Å². The number of benzene rings is 2. The zero-order valence-corrected chi connectivity index (χ0v) is 10.3. The van der Waals surface area contributed by atoms with Crippen LogP contribution in [0.25, 0.3) is 0 Å². The van der Waals surface area contributed by atoms with Crippen LogP contribution < -0.4 is 10.5 Å². The van der Waals surface area contributed by atoms with Crippen molar-refractivity contribution in [2.24, 2.45) is 5.73 Å². The Bertz CT molecular complexity index is 510. The molecule has 1 atom stereocenters. The van der Waals surface area contributed by atoms with Crippen LogP contribution in [-0.2, 0) is 0 Å². The molecule has 0 amide bonds. The van der Waals surface area contributed by atoms with E-state index in [4.69, 9.17) is 10.5 Å². The van der Waals surface area contributed by atoms with Crippen molar-refractivity contribution in [1.29, 1.82) is 0 Å². The molecule has 3 heteroatoms. The summed E-state index contributed by atoms with van der Waals surface area (Å²) in [7, 11) is 0. The fraction of sp³-hybridized carbons (Fsp3) is 0.200. The van der Waals surface area contributed by atoms with Crippen LogP contribution in [-0.4, -0.2) is 6.54 Å². The third-order valence-electron chi connectivity index (χ3n) is 2.84. The molecule has 2 aromatic rings. The highest BCUT2D eigenvalue weighted by Crippen LogP contribution is 2.23. The lowest BCUT2D eigenvalue weighted by Gasteiger charge is -2.19. The van der Waals surface area contributed by atoms with Gasteiger partial charge < -0.3 is 10.5 Å². The average molecular weight is 245 g/mol. The Hall–Kier alpha value is -1.87. The maximum Gasteiger partial charge on any atom is 0.136 e. The van der Waals surface area contributed by atoms with E-state index in [0.29, 0.717) is 12.3 Å². The molecule has 0 aromatic heterocycles. The molecule has 2 nitrogen and oxygen atoms in total. The second-order valence-electron chi connectivity index (χ2n) is 4.15. The van der Waals surface area contributed by atoms with Gasteiger partial charge in [0.05, 0.1) is 0 Å². The molecular weight excluding hydrogens is 229 g/mol. The van der Waals surface area contributed by atoms with E-state index >= 15 is 0 Å². The Morgan fingerprint density at radius 2 is 1.78 bits per heavy atom. The Morgan fingerprint density at radius 1 is 1.11 bits per heavy atom. The highest BCUT2D eigenvalue weighted by atomic mass is 19.1. The summed E-state index contributed by atoms with van der Waals surface area (Å²) >= 11 is 0. The average Bonchev–Trinajstić information content (AvgIpc) is 2.39. The molecular formula is C15H16FNO. The molecule has 0 radical (unpaired) electrons. The van der Waals surface area contributed by atoms with Crippen LogP contribution in [0.4, 0.5) is 4.39 Å². The topological polar surface area (TPSA) is 35.2 Å². The highest BCUT2D eigenvalue weighted by Gasteiger charge is 2.13. The Balaban J connectivity index is 2.20. The highest BCUT2D eigenvalue weighted by molar-refractivity contribution is 5.30. The minimum absolute atomic E-state index is 0.211. The van der Waals surface area contributed by atoms with E-state index in [9.17, 15) is 4.39 Å². The van der Waals surface area contributed by atoms with E-state index in [2.05, 4.69) is 0 Å². The number of ether oxygens (including phenoxy) is 1. The summed E-state index contributed by atoms with van der Waals surface area (Å²) in [5.41, 5.74) is 7.95. The van der Waals surface area contributed by atoms with Crippen LogP contribution in [0, 0.1) is 12.7 Å². The molecule has 0 spiro atoms. The molecule has 0 saturated heterocycles. The van der Waals surface area contributed by atoms with Gasteiger partial charge in [0.2, 0.25) is 0 Å². The summed E-state index contributed by atoms with van der Waals surface area (Å²) in [6.07, 6.45) is -0.211. The van der Waals surface area contributed by atoms with E-state index in [1.807, 2.05) is 31.2 Å². The van der Waals surface area contributed by atoms with E-state index in [-0.39, 0.29) is 11.9 Å². The first-order valence-corrected chi connectivity index (χ1v) is 5.88. The minimum Gasteiger partial charge on any atom is -0.484 e. The van der Waals surface area contributed by atoms with Gasteiger partial charge in [0.15, 0.2) is 0 Å². The molecule has 0 aliphatic heterocycles. The Labute approximate surface area is 106 Å². The zero-order valence-electron chi connectivity index (χ0n) is 10.3. The molecule has 0 fully saturated rings. The number of halogens is 1. The summed E-state index contributed by atoms with van der Waals surface area (Å²) in [5, 5.41) is 0. The summed E-state index contributed by atoms with van der Waals surface area (Å²) in [5.74, 6) is 0.345. The Morgan fingerprint density at radius 3 is 2.39 bits per heavy atom. The van der Waals surface area contributed by atoms with Crippen molar-refractivity contribution >= 4 is 0 Å². The van der Waals surface area contributed by atoms with Crippen molar-refractivity contribution in [3.8, 4) is 5.75 Å². The molecule has 2 aromatic carbocycles. The number of aryl methyl sites for hydroxylation is 1. The van der Waals surface area contributed by atoms with Crippen molar-refractivity contribution < 1.29 is 9.13 Å². The maximum absolute atomic E-state index is 12.8. The lowest BCUT2D eigenvalue weighted by Crippen LogP contribution is -2.19. The van der Waals surface area contributed by atoms with Crippen LogP contribution >= 0.6 is 0 Å². The normalized spacial score (nSPS) is 12.2. The van der Waals surface area contributed by atoms with E-state index in [1.165, 1.54) is 12.1 Å². The summed E-state index contributed by atoms with van der Waals surface area (Å²) < 4.78 is 18.6. The van der Waals surface area contributed by atoms with Crippen molar-refractivity contribution in [3.63, 3.8) is 0 Å². The molecule has 0 saturated carbocycles. The van der Waals surface area contributed by atoms with Crippen LogP contribution in [0.3, 0.4) is 0 Å². The lowest BCUT2D eigenvalue weighted by molar-refractivity contribution is 0.213. The van der Waals surface area contributed by atoms with Gasteiger partial charge in [0.25, 0.3) is 0 Å². The second-order valence-corrected chi connectivity index (χ2v) is 4.15. The molecule has 0 aliphatic rings. The fourth-order valence-corrected chi connectivity index (χ4v) is 1.86. The van der Waals surface area contributed by atoms with Gasteiger partial charge in [-0.15, -0.1) is 0 Å². The first-order chi connectivity index (χ1) is 8.70. The van der Waals surface area contributed by atoms with Gasteiger partial charge >= 0.3 is 0 Å². The summed E-state index contributed by atoms with van der Waals surface area (Å²) in [4.78, 5) is 0. The van der Waals surface area contributed by atoms with Crippen molar-refractivity contribution in [2.75, 3.05) is 6.54 Å². The number of rotatable bonds is 4. The summed E-state index contributed by atoms with van der Waals surface area (Å²) in [6, 6.07) is 13.9. The molecule has 1 unspecified atom stereocenters. The van der Waals surface area contributed by atoms with Crippen molar-refractivity contribution in [1.82, 2.24) is 0 Å². The molecule has 0 bridgehead atoms. The third kappa shape index (κ3) is 2.87. The third-order valence-corrected chi connectivity index (χ3v) is 2.84. The largest absolute Gasteiger partial charge is 0.484 e. The lowest BCUT2D eigenvalue weighted by atomic mass is 10.0. The van der Waals surface area contributed by atoms with Crippen molar-refractivity contribution in [2.45, 2.75) is 13.0 Å². The van der Waals surface area contributed by atoms with Crippen molar-refractivity contribution in [3.05, 3.63) is 65.5 Å². The molecule has 18 heavy (non-hydrogen) atoms. The number of hydrogen-bond donors (Lipinski definition) is 1. The first-order valence-electron chi connectivity index (χ1n) is 5.88. The second kappa shape index (κ2) is 5.65. The predicted octanol–water partition coefficient (Wildman–Crippen LogP) is 3.21. The molecule has 0 aliphatic carbocycles. The van der Waals surface area contributed by atoms with Gasteiger partial charge in [0, 0.05) is 6.54 Å². The summed E-state index contributed by atoms with van der Waals surface area (Å²) in [6.45, 7) is 2.40. The smallest absolute Gasteiger partial charge is 0.136 e. The molecule has 2 rings (SSSR count). The number of nitrogens with two attached hydrogens (primary N) is 1. The van der Waals surface area contributed by atoms with Gasteiger partial charge in [-0.05, 0) is 42.3 Å². The molecule has 2 N–H and O–H groups in total. The monoisotopic (exact) mass is 245 g/mol. The minimum atomic E-state index is -0.275. The van der Waals surface area contributed by atoms with Gasteiger partial charge in [0.1, 0.15) is 17.7 Å². The molecule has 0 heterocycles. The van der Waals surface area contributed by atoms with E-state index in [0.717, 1.165) is 11.1 Å². The molecule has 94 valence electrons. The van der Waals surface area contributed by atoms with Crippen LogP contribution in [0.1, 0.15) is 17.2 Å².